The summed E-state index contributed by atoms with van der Waals surface area (Å²) in [7, 11) is 0. The molecule has 1 heterocycles. The Morgan fingerprint density at radius 2 is 1.48 bits per heavy atom. The summed E-state index contributed by atoms with van der Waals surface area (Å²) < 4.78 is 0. The Morgan fingerprint density at radius 3 is 2.07 bits per heavy atom. The highest BCUT2D eigenvalue weighted by Gasteiger charge is 2.19. The van der Waals surface area contributed by atoms with Crippen LogP contribution in [0.15, 0.2) is 54.6 Å². The van der Waals surface area contributed by atoms with Crippen LogP contribution in [0.3, 0.4) is 0 Å². The number of piperidine rings is 1. The minimum atomic E-state index is 0. The van der Waals surface area contributed by atoms with E-state index in [4.69, 9.17) is 0 Å². The summed E-state index contributed by atoms with van der Waals surface area (Å²) >= 11 is 0. The fourth-order valence-corrected chi connectivity index (χ4v) is 3.95. The Balaban J connectivity index is 0.00000210. The molecule has 1 fully saturated rings. The average Bonchev–Trinajstić information content (AvgIpc) is 2.67. The maximum Gasteiger partial charge on any atom is 0.0206 e. The summed E-state index contributed by atoms with van der Waals surface area (Å²) in [6.45, 7) is 12.5. The minimum absolute atomic E-state index is 0. The number of nitrogens with one attached hydrogen (secondary N) is 1. The first-order chi connectivity index (χ1) is 13.0. The molecule has 4 heteroatoms. The first-order valence-electron chi connectivity index (χ1n) is 10.6. The molecule has 0 aromatic heterocycles. The molecule has 0 unspecified atom stereocenters. The molecule has 29 heavy (non-hydrogen) atoms. The molecule has 0 bridgehead atoms. The van der Waals surface area contributed by atoms with E-state index in [1.54, 1.807) is 0 Å². The summed E-state index contributed by atoms with van der Waals surface area (Å²) in [5, 5.41) is 3.62. The van der Waals surface area contributed by atoms with Crippen LogP contribution < -0.4 is 5.32 Å². The third-order valence-corrected chi connectivity index (χ3v) is 5.83. The van der Waals surface area contributed by atoms with Crippen molar-refractivity contribution in [3.05, 3.63) is 71.3 Å². The first-order valence-corrected chi connectivity index (χ1v) is 10.6. The molecule has 0 amide bonds. The van der Waals surface area contributed by atoms with E-state index in [0.29, 0.717) is 0 Å². The fourth-order valence-electron chi connectivity index (χ4n) is 3.95. The van der Waals surface area contributed by atoms with Gasteiger partial charge in [0, 0.05) is 19.6 Å². The highest BCUT2D eigenvalue weighted by atomic mass is 35.5. The Kier molecular flexibility index (Phi) is 11.3. The molecule has 1 N–H and O–H groups in total. The molecule has 0 spiro atoms. The maximum atomic E-state index is 3.62. The van der Waals surface area contributed by atoms with Crippen molar-refractivity contribution in [1.82, 2.24) is 10.2 Å². The minimum Gasteiger partial charge on any atom is -0.311 e. The predicted octanol–water partition coefficient (Wildman–Crippen LogP) is 5.87. The number of nitrogens with zero attached hydrogens (tertiary/aromatic N) is 1. The lowest BCUT2D eigenvalue weighted by molar-refractivity contribution is 0.184. The van der Waals surface area contributed by atoms with Crippen molar-refractivity contribution in [2.75, 3.05) is 26.2 Å². The smallest absolute Gasteiger partial charge is 0.0206 e. The second-order valence-corrected chi connectivity index (χ2v) is 9.10. The molecule has 1 saturated heterocycles. The first kappa shape index (κ1) is 26.0. The van der Waals surface area contributed by atoms with Gasteiger partial charge < -0.3 is 10.2 Å². The highest BCUT2D eigenvalue weighted by Crippen LogP contribution is 2.22. The van der Waals surface area contributed by atoms with Gasteiger partial charge in [0.2, 0.25) is 0 Å². The molecule has 2 nitrogen and oxygen atoms in total. The van der Waals surface area contributed by atoms with Gasteiger partial charge >= 0.3 is 0 Å². The molecule has 0 saturated carbocycles. The molecule has 0 radical (unpaired) electrons. The number of halogens is 2. The van der Waals surface area contributed by atoms with Crippen molar-refractivity contribution in [3.8, 4) is 0 Å². The molecule has 0 aliphatic carbocycles. The Morgan fingerprint density at radius 1 is 0.862 bits per heavy atom. The van der Waals surface area contributed by atoms with Gasteiger partial charge in [-0.25, -0.2) is 0 Å². The van der Waals surface area contributed by atoms with E-state index in [0.717, 1.165) is 25.6 Å². The Hall–Kier alpha value is -1.06. The average molecular weight is 437 g/mol. The number of rotatable bonds is 7. The maximum absolute atomic E-state index is 3.62. The predicted molar refractivity (Wildman–Crippen MR) is 131 cm³/mol. The van der Waals surface area contributed by atoms with Crippen molar-refractivity contribution in [1.29, 1.82) is 0 Å². The van der Waals surface area contributed by atoms with Crippen LogP contribution in [0.25, 0.3) is 0 Å². The van der Waals surface area contributed by atoms with E-state index in [9.17, 15) is 0 Å². The molecule has 3 rings (SSSR count). The van der Waals surface area contributed by atoms with E-state index in [1.165, 1.54) is 49.0 Å². The molecular formula is C25H38Cl2N2. The van der Waals surface area contributed by atoms with Crippen molar-refractivity contribution < 1.29 is 0 Å². The van der Waals surface area contributed by atoms with Crippen molar-refractivity contribution >= 4 is 24.8 Å². The summed E-state index contributed by atoms with van der Waals surface area (Å²) in [4.78, 5) is 2.62. The van der Waals surface area contributed by atoms with Crippen molar-refractivity contribution in [2.24, 2.45) is 5.92 Å². The van der Waals surface area contributed by atoms with Crippen LogP contribution >= 0.6 is 24.8 Å². The van der Waals surface area contributed by atoms with Gasteiger partial charge in [-0.15, -0.1) is 24.8 Å². The summed E-state index contributed by atoms with van der Waals surface area (Å²) in [5.41, 5.74) is 4.52. The van der Waals surface area contributed by atoms with E-state index in [1.807, 2.05) is 0 Å². The summed E-state index contributed by atoms with van der Waals surface area (Å²) in [6, 6.07) is 20.0. The van der Waals surface area contributed by atoms with Gasteiger partial charge in [0.1, 0.15) is 0 Å². The molecule has 1 aliphatic heterocycles. The van der Waals surface area contributed by atoms with Gasteiger partial charge in [-0.1, -0.05) is 75.4 Å². The Bertz CT molecular complexity index is 672. The van der Waals surface area contributed by atoms with Crippen LogP contribution in [0.1, 0.15) is 50.3 Å². The van der Waals surface area contributed by atoms with Gasteiger partial charge in [0.05, 0.1) is 0 Å². The number of hydrogen-bond acceptors (Lipinski definition) is 2. The van der Waals surface area contributed by atoms with Crippen LogP contribution in [0.2, 0.25) is 0 Å². The van der Waals surface area contributed by atoms with Crippen LogP contribution in [0, 0.1) is 5.92 Å². The van der Waals surface area contributed by atoms with Gasteiger partial charge in [0.15, 0.2) is 0 Å². The van der Waals surface area contributed by atoms with Gasteiger partial charge in [-0.3, -0.25) is 0 Å². The summed E-state index contributed by atoms with van der Waals surface area (Å²) in [6.07, 6.45) is 3.92. The number of benzene rings is 2. The normalized spacial score (nSPS) is 15.4. The molecule has 2 aromatic rings. The van der Waals surface area contributed by atoms with Crippen molar-refractivity contribution in [3.63, 3.8) is 0 Å². The summed E-state index contributed by atoms with van der Waals surface area (Å²) in [5.74, 6) is 0.859. The lowest BCUT2D eigenvalue weighted by atomic mass is 9.87. The van der Waals surface area contributed by atoms with Gasteiger partial charge in [0.25, 0.3) is 0 Å². The topological polar surface area (TPSA) is 15.3 Å². The van der Waals surface area contributed by atoms with Crippen molar-refractivity contribution in [2.45, 2.75) is 52.0 Å². The lowest BCUT2D eigenvalue weighted by Gasteiger charge is -2.32. The van der Waals surface area contributed by atoms with Crippen LogP contribution in [-0.2, 0) is 18.4 Å². The van der Waals surface area contributed by atoms with Gasteiger partial charge in [-0.2, -0.15) is 0 Å². The van der Waals surface area contributed by atoms with E-state index in [-0.39, 0.29) is 30.2 Å². The van der Waals surface area contributed by atoms with Crippen LogP contribution in [-0.4, -0.2) is 31.1 Å². The highest BCUT2D eigenvalue weighted by molar-refractivity contribution is 5.85. The molecule has 0 atom stereocenters. The molecular weight excluding hydrogens is 399 g/mol. The molecule has 1 aliphatic rings. The third kappa shape index (κ3) is 8.68. The molecule has 162 valence electrons. The third-order valence-electron chi connectivity index (χ3n) is 5.83. The van der Waals surface area contributed by atoms with Gasteiger partial charge in [-0.05, 0) is 60.4 Å². The van der Waals surface area contributed by atoms with E-state index in [2.05, 4.69) is 85.6 Å². The second kappa shape index (κ2) is 12.6. The zero-order valence-corrected chi connectivity index (χ0v) is 19.8. The zero-order chi connectivity index (χ0) is 19.1. The largest absolute Gasteiger partial charge is 0.311 e. The molecule has 2 aromatic carbocycles. The van der Waals surface area contributed by atoms with E-state index < -0.39 is 0 Å². The standard InChI is InChI=1S/C25H36N2.2ClH/c1-25(2,3)24-11-9-23(10-12-24)20-26-15-18-27-16-13-22(14-17-27)19-21-7-5-4-6-8-21;;/h4-12,22,26H,13-20H2,1-3H3;2*1H. The van der Waals surface area contributed by atoms with Crippen LogP contribution in [0.5, 0.6) is 0 Å². The quantitative estimate of drug-likeness (QED) is 0.545. The number of likely N-dealkylation sites (tertiary alicyclic amines) is 1. The number of hydrogen-bond donors (Lipinski definition) is 1. The lowest BCUT2D eigenvalue weighted by Crippen LogP contribution is -2.38. The SMILES string of the molecule is CC(C)(C)c1ccc(CNCCN2CCC(Cc3ccccc3)CC2)cc1.Cl.Cl. The fraction of sp³-hybridized carbons (Fsp3) is 0.520. The second-order valence-electron chi connectivity index (χ2n) is 9.10. The monoisotopic (exact) mass is 436 g/mol. The Labute approximate surface area is 190 Å². The van der Waals surface area contributed by atoms with Crippen LogP contribution in [0.4, 0.5) is 0 Å². The van der Waals surface area contributed by atoms with E-state index >= 15 is 0 Å². The zero-order valence-electron chi connectivity index (χ0n) is 18.2.